The molecule has 0 aliphatic carbocycles. The summed E-state index contributed by atoms with van der Waals surface area (Å²) in [6, 6.07) is 2.22. The Morgan fingerprint density at radius 3 is 2.73 bits per heavy atom. The first-order chi connectivity index (χ1) is 11.4. The molecule has 26 heavy (non-hydrogen) atoms. The van der Waals surface area contributed by atoms with Crippen molar-refractivity contribution in [1.82, 2.24) is 25.2 Å². The third-order valence-electron chi connectivity index (χ3n) is 4.19. The van der Waals surface area contributed by atoms with Crippen molar-refractivity contribution < 1.29 is 18.0 Å². The maximum absolute atomic E-state index is 12.8. The van der Waals surface area contributed by atoms with Gasteiger partial charge in [-0.15, -0.1) is 35.0 Å². The van der Waals surface area contributed by atoms with Crippen molar-refractivity contribution in [2.75, 3.05) is 13.1 Å². The van der Waals surface area contributed by atoms with E-state index in [0.29, 0.717) is 18.0 Å². The van der Waals surface area contributed by atoms with E-state index in [-0.39, 0.29) is 43.1 Å². The second-order valence-corrected chi connectivity index (χ2v) is 5.93. The van der Waals surface area contributed by atoms with Crippen LogP contribution in [0.5, 0.6) is 0 Å². The zero-order valence-electron chi connectivity index (χ0n) is 13.8. The second kappa shape index (κ2) is 9.38. The van der Waals surface area contributed by atoms with Gasteiger partial charge in [0.2, 0.25) is 5.91 Å². The van der Waals surface area contributed by atoms with Gasteiger partial charge in [0.05, 0.1) is 12.1 Å². The molecule has 1 fully saturated rings. The van der Waals surface area contributed by atoms with E-state index in [1.807, 2.05) is 0 Å². The van der Waals surface area contributed by atoms with Gasteiger partial charge < -0.3 is 10.6 Å². The van der Waals surface area contributed by atoms with Gasteiger partial charge in [0.1, 0.15) is 0 Å². The van der Waals surface area contributed by atoms with Gasteiger partial charge in [-0.05, 0) is 44.0 Å². The van der Waals surface area contributed by atoms with Gasteiger partial charge in [0, 0.05) is 12.6 Å². The van der Waals surface area contributed by atoms with E-state index in [1.165, 1.54) is 10.5 Å². The summed E-state index contributed by atoms with van der Waals surface area (Å²) in [5.41, 5.74) is -0.472. The number of rotatable bonds is 5. The summed E-state index contributed by atoms with van der Waals surface area (Å²) in [6.07, 6.45) is -1.22. The Balaban J connectivity index is 0.00000169. The van der Waals surface area contributed by atoms with Crippen LogP contribution in [0, 0.1) is 5.92 Å². The summed E-state index contributed by atoms with van der Waals surface area (Å²) in [5, 5.41) is 13.6. The first-order valence-electron chi connectivity index (χ1n) is 7.82. The number of pyridine rings is 1. The highest BCUT2D eigenvalue weighted by Crippen LogP contribution is 2.29. The lowest BCUT2D eigenvalue weighted by molar-refractivity contribution is -0.137. The van der Waals surface area contributed by atoms with Crippen LogP contribution in [-0.4, -0.2) is 33.6 Å². The zero-order chi connectivity index (χ0) is 17.2. The number of aromatic nitrogens is 3. The van der Waals surface area contributed by atoms with Crippen molar-refractivity contribution >= 4 is 36.4 Å². The van der Waals surface area contributed by atoms with Crippen LogP contribution >= 0.6 is 24.8 Å². The van der Waals surface area contributed by atoms with Crippen LogP contribution in [-0.2, 0) is 17.5 Å². The summed E-state index contributed by atoms with van der Waals surface area (Å²) in [6.45, 7) is 1.96. The molecule has 0 saturated carbocycles. The lowest BCUT2D eigenvalue weighted by atomic mass is 10.0. The fourth-order valence-electron chi connectivity index (χ4n) is 2.79. The molecular formula is C15H20Cl2F3N5O. The van der Waals surface area contributed by atoms with E-state index in [4.69, 9.17) is 0 Å². The first kappa shape index (κ1) is 22.5. The number of hydrogen-bond acceptors (Lipinski definition) is 4. The van der Waals surface area contributed by atoms with Gasteiger partial charge in [0.25, 0.3) is 0 Å². The number of halogens is 5. The molecule has 146 valence electrons. The van der Waals surface area contributed by atoms with Gasteiger partial charge in [-0.1, -0.05) is 0 Å². The van der Waals surface area contributed by atoms with Crippen LogP contribution < -0.4 is 10.6 Å². The second-order valence-electron chi connectivity index (χ2n) is 5.93. The zero-order valence-corrected chi connectivity index (χ0v) is 15.4. The molecule has 1 atom stereocenters. The molecule has 11 heteroatoms. The molecule has 1 aliphatic rings. The molecule has 3 rings (SSSR count). The lowest BCUT2D eigenvalue weighted by Crippen LogP contribution is -2.24. The highest BCUT2D eigenvalue weighted by molar-refractivity contribution is 5.85. The minimum atomic E-state index is -4.44. The number of alkyl halides is 3. The van der Waals surface area contributed by atoms with Crippen molar-refractivity contribution in [2.45, 2.75) is 32.0 Å². The summed E-state index contributed by atoms with van der Waals surface area (Å²) in [5.74, 6) is 0.650. The minimum Gasteiger partial charge on any atom is -0.349 e. The smallest absolute Gasteiger partial charge is 0.349 e. The van der Waals surface area contributed by atoms with Crippen LogP contribution in [0.1, 0.15) is 30.7 Å². The van der Waals surface area contributed by atoms with E-state index in [1.54, 1.807) is 0 Å². The summed E-state index contributed by atoms with van der Waals surface area (Å²) < 4.78 is 39.6. The predicted octanol–water partition coefficient (Wildman–Crippen LogP) is 2.60. The number of carbonyl (C=O) groups excluding carboxylic acids is 1. The number of hydrogen-bond donors (Lipinski definition) is 2. The molecule has 3 heterocycles. The topological polar surface area (TPSA) is 71.3 Å². The lowest BCUT2D eigenvalue weighted by Gasteiger charge is -2.09. The summed E-state index contributed by atoms with van der Waals surface area (Å²) >= 11 is 0. The third-order valence-corrected chi connectivity index (χ3v) is 4.19. The van der Waals surface area contributed by atoms with Crippen molar-refractivity contribution in [2.24, 2.45) is 5.92 Å². The van der Waals surface area contributed by atoms with Gasteiger partial charge >= 0.3 is 6.18 Å². The normalized spacial score (nSPS) is 16.8. The Kier molecular flexibility index (Phi) is 8.11. The maximum Gasteiger partial charge on any atom is 0.417 e. The molecule has 2 aromatic rings. The molecule has 1 unspecified atom stereocenters. The Bertz CT molecular complexity index is 732. The Labute approximate surface area is 160 Å². The molecule has 2 aromatic heterocycles. The molecular weight excluding hydrogens is 394 g/mol. The average molecular weight is 414 g/mol. The molecule has 1 saturated heterocycles. The van der Waals surface area contributed by atoms with Crippen LogP contribution in [0.3, 0.4) is 0 Å². The monoisotopic (exact) mass is 413 g/mol. The fraction of sp³-hybridized carbons (Fsp3) is 0.533. The number of nitrogens with one attached hydrogen (secondary N) is 2. The summed E-state index contributed by atoms with van der Waals surface area (Å²) in [4.78, 5) is 11.9. The highest BCUT2D eigenvalue weighted by Gasteiger charge is 2.31. The molecule has 2 N–H and O–H groups in total. The summed E-state index contributed by atoms with van der Waals surface area (Å²) in [7, 11) is 0. The van der Waals surface area contributed by atoms with Crippen molar-refractivity contribution in [1.29, 1.82) is 0 Å². The molecule has 0 bridgehead atoms. The average Bonchev–Trinajstić information content (AvgIpc) is 3.19. The van der Waals surface area contributed by atoms with Crippen molar-refractivity contribution in [3.8, 4) is 0 Å². The van der Waals surface area contributed by atoms with E-state index in [9.17, 15) is 18.0 Å². The van der Waals surface area contributed by atoms with E-state index in [2.05, 4.69) is 20.8 Å². The highest BCUT2D eigenvalue weighted by atomic mass is 35.5. The molecule has 0 aromatic carbocycles. The Morgan fingerprint density at radius 1 is 1.31 bits per heavy atom. The number of amides is 1. The number of nitrogens with zero attached hydrogens (tertiary/aromatic N) is 3. The quantitative estimate of drug-likeness (QED) is 0.789. The number of fused-ring (bicyclic) bond motifs is 1. The van der Waals surface area contributed by atoms with Crippen LogP contribution in [0.25, 0.3) is 5.65 Å². The van der Waals surface area contributed by atoms with E-state index >= 15 is 0 Å². The largest absolute Gasteiger partial charge is 0.417 e. The molecule has 6 nitrogen and oxygen atoms in total. The van der Waals surface area contributed by atoms with Crippen molar-refractivity contribution in [3.05, 3.63) is 29.7 Å². The van der Waals surface area contributed by atoms with Gasteiger partial charge in [-0.2, -0.15) is 13.2 Å². The van der Waals surface area contributed by atoms with Gasteiger partial charge in [-0.3, -0.25) is 9.20 Å². The molecule has 0 spiro atoms. The van der Waals surface area contributed by atoms with E-state index in [0.717, 1.165) is 38.2 Å². The molecule has 0 radical (unpaired) electrons. The van der Waals surface area contributed by atoms with E-state index < -0.39 is 11.7 Å². The van der Waals surface area contributed by atoms with Crippen molar-refractivity contribution in [3.63, 3.8) is 0 Å². The molecule has 1 amide bonds. The van der Waals surface area contributed by atoms with Crippen LogP contribution in [0.15, 0.2) is 18.3 Å². The Morgan fingerprint density at radius 2 is 2.08 bits per heavy atom. The Hall–Kier alpha value is -1.58. The molecule has 1 aliphatic heterocycles. The standard InChI is InChI=1S/C15H18F3N5O.2ClH/c16-15(17,18)11-2-3-12-21-22-13(23(12)9-11)8-20-14(24)4-1-10-5-6-19-7-10;;/h2-3,9-10,19H,1,4-8H2,(H,20,24);2*1H. The minimum absolute atomic E-state index is 0. The van der Waals surface area contributed by atoms with Gasteiger partial charge in [0.15, 0.2) is 11.5 Å². The van der Waals surface area contributed by atoms with Crippen LogP contribution in [0.2, 0.25) is 0 Å². The SMILES string of the molecule is Cl.Cl.O=C(CCC1CCNC1)NCc1nnc2ccc(C(F)(F)F)cn12. The number of carbonyl (C=O) groups is 1. The first-order valence-corrected chi connectivity index (χ1v) is 7.82. The maximum atomic E-state index is 12.8. The third kappa shape index (κ3) is 5.46. The van der Waals surface area contributed by atoms with Crippen LogP contribution in [0.4, 0.5) is 13.2 Å². The fourth-order valence-corrected chi connectivity index (χ4v) is 2.79. The van der Waals surface area contributed by atoms with Gasteiger partial charge in [-0.25, -0.2) is 0 Å². The predicted molar refractivity (Wildman–Crippen MR) is 94.5 cm³/mol.